The molecule has 1 aliphatic carbocycles. The van der Waals surface area contributed by atoms with Gasteiger partial charge in [-0.1, -0.05) is 32.9 Å². The predicted molar refractivity (Wildman–Crippen MR) is 165 cm³/mol. The third kappa shape index (κ3) is 6.46. The Morgan fingerprint density at radius 3 is 2.73 bits per heavy atom. The number of anilines is 1. The lowest BCUT2D eigenvalue weighted by molar-refractivity contribution is -0.0377. The van der Waals surface area contributed by atoms with Crippen molar-refractivity contribution in [3.05, 3.63) is 24.8 Å². The molecule has 2 aliphatic rings. The second-order valence-corrected chi connectivity index (χ2v) is 22.5. The molecule has 0 spiro atoms. The maximum atomic E-state index is 16.3. The predicted octanol–water partition coefficient (Wildman–Crippen LogP) is 6.05. The Morgan fingerprint density at radius 1 is 1.40 bits per heavy atom. The number of rotatable bonds is 9. The molecule has 222 valence electrons. The van der Waals surface area contributed by atoms with Gasteiger partial charge in [0.25, 0.3) is 0 Å². The average molecular weight is 631 g/mol. The van der Waals surface area contributed by atoms with E-state index in [1.807, 2.05) is 13.8 Å². The van der Waals surface area contributed by atoms with Crippen LogP contribution < -0.4 is 5.73 Å². The number of nitrogens with two attached hydrogens (primary N) is 1. The molecule has 0 radical (unpaired) electrons. The number of nitrogen functional groups attached to an aromatic ring is 1. The highest BCUT2D eigenvalue weighted by atomic mass is 32.9. The molecular weight excluding hydrogens is 589 g/mol. The smallest absolute Gasteiger partial charge is 0.408 e. The van der Waals surface area contributed by atoms with Gasteiger partial charge in [-0.25, -0.2) is 19.3 Å². The van der Waals surface area contributed by atoms with Crippen molar-refractivity contribution < 1.29 is 23.2 Å². The topological polar surface area (TPSA) is 118 Å². The lowest BCUT2D eigenvalue weighted by Gasteiger charge is -2.39. The van der Waals surface area contributed by atoms with Crippen LogP contribution in [0.4, 0.5) is 10.2 Å². The van der Waals surface area contributed by atoms with Gasteiger partial charge in [0, 0.05) is 0 Å². The molecule has 1 aliphatic heterocycles. The van der Waals surface area contributed by atoms with Crippen molar-refractivity contribution in [3.8, 4) is 0 Å². The molecule has 2 aromatic rings. The maximum Gasteiger partial charge on any atom is 0.415 e. The van der Waals surface area contributed by atoms with E-state index in [0.717, 1.165) is 18.4 Å². The van der Waals surface area contributed by atoms with E-state index in [1.54, 1.807) is 4.57 Å². The molecule has 9 nitrogen and oxygen atoms in total. The van der Waals surface area contributed by atoms with Gasteiger partial charge >= 0.3 is 6.13 Å². The number of aromatic nitrogens is 4. The molecule has 1 saturated carbocycles. The highest BCUT2D eigenvalue weighted by Gasteiger charge is 2.53. The van der Waals surface area contributed by atoms with Crippen molar-refractivity contribution in [1.82, 2.24) is 19.5 Å². The quantitative estimate of drug-likeness (QED) is 0.193. The van der Waals surface area contributed by atoms with E-state index in [-0.39, 0.29) is 17.5 Å². The molecule has 8 atom stereocenters. The molecule has 1 saturated heterocycles. The molecule has 0 bridgehead atoms. The van der Waals surface area contributed by atoms with Gasteiger partial charge in [0.05, 0.1) is 17.2 Å². The van der Waals surface area contributed by atoms with Crippen molar-refractivity contribution in [2.24, 2.45) is 5.92 Å². The number of aliphatic hydroxyl groups is 1. The molecule has 0 aromatic carbocycles. The van der Waals surface area contributed by atoms with Gasteiger partial charge in [-0.05, 0) is 57.2 Å². The van der Waals surface area contributed by atoms with Gasteiger partial charge in [-0.15, -0.1) is 0 Å². The van der Waals surface area contributed by atoms with Crippen LogP contribution in [-0.4, -0.2) is 68.8 Å². The normalized spacial score (nSPS) is 32.0. The number of ether oxygens (including phenoxy) is 1. The van der Waals surface area contributed by atoms with Crippen molar-refractivity contribution in [3.63, 3.8) is 0 Å². The molecule has 2 fully saturated rings. The molecule has 4 rings (SSSR count). The van der Waals surface area contributed by atoms with Crippen LogP contribution >= 0.6 is 17.5 Å². The average Bonchev–Trinajstić information content (AvgIpc) is 3.40. The number of fused-ring (bicyclic) bond motifs is 1. The summed E-state index contributed by atoms with van der Waals surface area (Å²) < 4.78 is 36.4. The highest BCUT2D eigenvalue weighted by Crippen LogP contribution is 2.55. The minimum absolute atomic E-state index is 0.0722. The fraction of sp³-hybridized carbons (Fsp3) is 0.731. The van der Waals surface area contributed by atoms with Gasteiger partial charge in [0.2, 0.25) is 11.8 Å². The minimum Gasteiger partial charge on any atom is -0.408 e. The molecule has 40 heavy (non-hydrogen) atoms. The summed E-state index contributed by atoms with van der Waals surface area (Å²) in [6.07, 6.45) is -0.746. The number of halogens is 1. The number of aliphatic hydroxyl groups excluding tert-OH is 1. The minimum atomic E-state index is -2.37. The largest absolute Gasteiger partial charge is 0.415 e. The zero-order valence-electron chi connectivity index (χ0n) is 24.3. The summed E-state index contributed by atoms with van der Waals surface area (Å²) in [5.74, 6) is 0.534. The van der Waals surface area contributed by atoms with Crippen LogP contribution in [0.1, 0.15) is 60.1 Å². The Hall–Kier alpha value is -1.05. The number of alkyl halides is 1. The van der Waals surface area contributed by atoms with Gasteiger partial charge in [-0.2, -0.15) is 4.52 Å². The summed E-state index contributed by atoms with van der Waals surface area (Å²) in [5, 5.41) is 10.8. The van der Waals surface area contributed by atoms with Gasteiger partial charge in [0.15, 0.2) is 32.2 Å². The van der Waals surface area contributed by atoms with Crippen LogP contribution in [0, 0.1) is 5.92 Å². The Kier molecular flexibility index (Phi) is 9.49. The van der Waals surface area contributed by atoms with Gasteiger partial charge < -0.3 is 20.0 Å². The van der Waals surface area contributed by atoms with E-state index < -0.39 is 49.9 Å². The van der Waals surface area contributed by atoms with Crippen LogP contribution in [0.25, 0.3) is 11.2 Å². The zero-order chi connectivity index (χ0) is 29.6. The Bertz CT molecular complexity index is 1260. The number of nitrogens with zero attached hydrogens (tertiary/aromatic N) is 4. The summed E-state index contributed by atoms with van der Waals surface area (Å²) in [6.45, 7) is 18.7. The highest BCUT2D eigenvalue weighted by molar-refractivity contribution is 8.63. The summed E-state index contributed by atoms with van der Waals surface area (Å²) in [4.78, 5) is 12.5. The van der Waals surface area contributed by atoms with Crippen LogP contribution in [-0.2, 0) is 25.5 Å². The van der Waals surface area contributed by atoms with Crippen LogP contribution in [0.3, 0.4) is 0 Å². The molecule has 3 N–H and O–H groups in total. The van der Waals surface area contributed by atoms with Crippen LogP contribution in [0.5, 0.6) is 0 Å². The van der Waals surface area contributed by atoms with E-state index in [9.17, 15) is 5.11 Å². The summed E-state index contributed by atoms with van der Waals surface area (Å²) in [7, 11) is -2.37. The third-order valence-electron chi connectivity index (χ3n) is 8.69. The molecule has 2 aromatic heterocycles. The van der Waals surface area contributed by atoms with E-state index in [2.05, 4.69) is 55.4 Å². The standard InChI is InChI=1S/C26H42FN5O4PS2Si/c1-15(2)16-9-10-26(6,18(33)11-16)39-37(38)34-12-17-21(36-40(7,8)25(3,4)5)19(27)24(35-17)32-14-31-20-22(28)29-13-30-23(20)32/h13-14,16-19,21,24,33H,1,9-12H2,2-8H3,(H2,28,29,30)/q+1/t16-,17+,18+,19+,21?,24+,26+/m0/s1. The summed E-state index contributed by atoms with van der Waals surface area (Å²) in [6, 6.07) is 0. The first-order valence-corrected chi connectivity index (χ1v) is 20.2. The monoisotopic (exact) mass is 630 g/mol. The Labute approximate surface area is 247 Å². The lowest BCUT2D eigenvalue weighted by Crippen LogP contribution is -2.49. The molecule has 3 heterocycles. The summed E-state index contributed by atoms with van der Waals surface area (Å²) >= 11 is 7.23. The first kappa shape index (κ1) is 31.9. The number of hydrogen-bond acceptors (Lipinski definition) is 10. The first-order chi connectivity index (χ1) is 18.5. The lowest BCUT2D eigenvalue weighted by atomic mass is 9.77. The molecular formula is C26H42FN5O4PS2Si+. The second-order valence-electron chi connectivity index (χ2n) is 12.7. The van der Waals surface area contributed by atoms with Gasteiger partial charge in [0.1, 0.15) is 42.0 Å². The number of allylic oxidation sites excluding steroid dienone is 1. The van der Waals surface area contributed by atoms with Crippen molar-refractivity contribution >= 4 is 54.6 Å². The maximum absolute atomic E-state index is 16.3. The third-order valence-corrected chi connectivity index (χ3v) is 17.6. The summed E-state index contributed by atoms with van der Waals surface area (Å²) in [5.41, 5.74) is 7.83. The molecule has 0 amide bonds. The zero-order valence-corrected chi connectivity index (χ0v) is 27.9. The van der Waals surface area contributed by atoms with E-state index >= 15 is 4.39 Å². The molecule has 14 heteroatoms. The second kappa shape index (κ2) is 11.9. The van der Waals surface area contributed by atoms with E-state index in [1.165, 1.54) is 24.0 Å². The van der Waals surface area contributed by atoms with E-state index in [0.29, 0.717) is 23.5 Å². The van der Waals surface area contributed by atoms with Crippen molar-refractivity contribution in [2.45, 2.75) is 107 Å². The Balaban J connectivity index is 1.51. The van der Waals surface area contributed by atoms with Crippen molar-refractivity contribution in [1.29, 1.82) is 0 Å². The van der Waals surface area contributed by atoms with E-state index in [4.69, 9.17) is 31.2 Å². The SMILES string of the molecule is C=C(C)[C@H]1CC[C@@](C)(S[P+](=S)OC[C@H]2O[C@@H](n3cnc4c(N)ncnc43)[C@H](F)C2O[Si](C)(C)C(C)(C)C)[C@H](O)C1. The van der Waals surface area contributed by atoms with Crippen molar-refractivity contribution in [2.75, 3.05) is 12.3 Å². The fourth-order valence-electron chi connectivity index (χ4n) is 4.92. The molecule has 2 unspecified atom stereocenters. The van der Waals surface area contributed by atoms with Gasteiger partial charge in [-0.3, -0.25) is 4.57 Å². The number of hydrogen-bond donors (Lipinski definition) is 2. The number of imidazole rings is 1. The van der Waals surface area contributed by atoms with Crippen LogP contribution in [0.15, 0.2) is 24.8 Å². The fourth-order valence-corrected chi connectivity index (χ4v) is 11.0. The first-order valence-electron chi connectivity index (χ1n) is 13.6. The Morgan fingerprint density at radius 2 is 2.10 bits per heavy atom. The van der Waals surface area contributed by atoms with Crippen LogP contribution in [0.2, 0.25) is 18.1 Å².